The van der Waals surface area contributed by atoms with Gasteiger partial charge in [-0.15, -0.1) is 10.2 Å². The molecule has 12 heteroatoms. The lowest BCUT2D eigenvalue weighted by molar-refractivity contribution is -0.114. The first-order valence-electron chi connectivity index (χ1n) is 13.3. The zero-order valence-corrected chi connectivity index (χ0v) is 22.9. The number of nitrogens with one attached hydrogen (secondary N) is 1. The van der Waals surface area contributed by atoms with Crippen molar-refractivity contribution in [3.8, 4) is 11.5 Å². The maximum Gasteiger partial charge on any atom is 0.272 e. The average molecular weight is 552 g/mol. The third-order valence-electron chi connectivity index (χ3n) is 7.12. The summed E-state index contributed by atoms with van der Waals surface area (Å²) < 4.78 is 5.94. The standard InChI is InChI=1S/C29H29N9O3/c1-18-17-37(13-14-38(18)26(20-7-5-4-6-8-20)27-33-35-36(3)34-27)29(40)24-15-21(11-12-30-24)28-32-23-16-22(31-19(2)39)9-10-25(23)41-28/h4-12,15-16,18,26H,13-14,17H2,1-3H3,(H,31,39)/t18?,26-/m0/s1. The number of tetrazole rings is 1. The third-order valence-corrected chi connectivity index (χ3v) is 7.12. The van der Waals surface area contributed by atoms with Crippen LogP contribution in [0.4, 0.5) is 5.69 Å². The predicted octanol–water partition coefficient (Wildman–Crippen LogP) is 3.31. The number of nitrogens with zero attached hydrogens (tertiary/aromatic N) is 8. The Kier molecular flexibility index (Phi) is 6.98. The van der Waals surface area contributed by atoms with Gasteiger partial charge in [-0.05, 0) is 48.0 Å². The summed E-state index contributed by atoms with van der Waals surface area (Å²) in [6, 6.07) is 18.7. The number of rotatable bonds is 6. The first kappa shape index (κ1) is 26.3. The maximum atomic E-state index is 13.6. The summed E-state index contributed by atoms with van der Waals surface area (Å²) in [6.07, 6.45) is 1.59. The molecule has 0 saturated carbocycles. The van der Waals surface area contributed by atoms with Gasteiger partial charge in [0.25, 0.3) is 5.91 Å². The van der Waals surface area contributed by atoms with Gasteiger partial charge in [0.2, 0.25) is 11.8 Å². The number of aryl methyl sites for hydroxylation is 1. The zero-order valence-electron chi connectivity index (χ0n) is 22.9. The summed E-state index contributed by atoms with van der Waals surface area (Å²) in [4.78, 5) is 39.5. The van der Waals surface area contributed by atoms with Crippen LogP contribution in [0.15, 0.2) is 71.3 Å². The molecular weight excluding hydrogens is 522 g/mol. The molecule has 6 rings (SSSR count). The number of pyridine rings is 1. The lowest BCUT2D eigenvalue weighted by Gasteiger charge is -2.43. The van der Waals surface area contributed by atoms with E-state index in [1.54, 1.807) is 43.6 Å². The van der Waals surface area contributed by atoms with E-state index >= 15 is 0 Å². The van der Waals surface area contributed by atoms with Crippen molar-refractivity contribution in [2.24, 2.45) is 7.05 Å². The van der Waals surface area contributed by atoms with Crippen LogP contribution in [0.3, 0.4) is 0 Å². The SMILES string of the molecule is CC(=O)Nc1ccc2oc(-c3ccnc(C(=O)N4CCN([C@@H](c5ccccc5)c5nnn(C)n5)C(C)C4)c3)nc2c1. The number of fused-ring (bicyclic) bond motifs is 1. The fourth-order valence-corrected chi connectivity index (χ4v) is 5.25. The van der Waals surface area contributed by atoms with E-state index in [2.05, 4.69) is 54.7 Å². The smallest absolute Gasteiger partial charge is 0.272 e. The molecule has 12 nitrogen and oxygen atoms in total. The van der Waals surface area contributed by atoms with E-state index in [1.807, 2.05) is 23.1 Å². The molecule has 1 unspecified atom stereocenters. The van der Waals surface area contributed by atoms with E-state index in [9.17, 15) is 9.59 Å². The molecule has 1 N–H and O–H groups in total. The van der Waals surface area contributed by atoms with E-state index in [4.69, 9.17) is 4.42 Å². The second-order valence-corrected chi connectivity index (χ2v) is 10.1. The largest absolute Gasteiger partial charge is 0.436 e. The van der Waals surface area contributed by atoms with Crippen molar-refractivity contribution in [3.05, 3.63) is 83.9 Å². The summed E-state index contributed by atoms with van der Waals surface area (Å²) in [5.41, 5.74) is 3.85. The van der Waals surface area contributed by atoms with Gasteiger partial charge in [-0.1, -0.05) is 30.3 Å². The molecule has 41 heavy (non-hydrogen) atoms. The number of carbonyl (C=O) groups is 2. The Labute approximate surface area is 236 Å². The van der Waals surface area contributed by atoms with Crippen molar-refractivity contribution < 1.29 is 14.0 Å². The van der Waals surface area contributed by atoms with Gasteiger partial charge in [-0.2, -0.15) is 4.80 Å². The van der Waals surface area contributed by atoms with Gasteiger partial charge >= 0.3 is 0 Å². The number of hydrogen-bond acceptors (Lipinski definition) is 9. The minimum atomic E-state index is -0.177. The van der Waals surface area contributed by atoms with Crippen molar-refractivity contribution in [2.75, 3.05) is 25.0 Å². The molecule has 2 aromatic carbocycles. The fraction of sp³-hybridized carbons (Fsp3) is 0.276. The number of amides is 2. The molecule has 0 spiro atoms. The van der Waals surface area contributed by atoms with Crippen LogP contribution in [0.25, 0.3) is 22.6 Å². The van der Waals surface area contributed by atoms with E-state index in [-0.39, 0.29) is 23.9 Å². The zero-order chi connectivity index (χ0) is 28.5. The van der Waals surface area contributed by atoms with Gasteiger partial charge in [-0.3, -0.25) is 19.5 Å². The lowest BCUT2D eigenvalue weighted by atomic mass is 10.0. The van der Waals surface area contributed by atoms with Crippen LogP contribution in [-0.4, -0.2) is 77.5 Å². The normalized spacial score (nSPS) is 16.6. The van der Waals surface area contributed by atoms with Gasteiger partial charge in [0.15, 0.2) is 11.4 Å². The van der Waals surface area contributed by atoms with Crippen molar-refractivity contribution in [1.29, 1.82) is 0 Å². The third kappa shape index (κ3) is 5.41. The Bertz CT molecular complexity index is 1720. The van der Waals surface area contributed by atoms with E-state index < -0.39 is 0 Å². The van der Waals surface area contributed by atoms with Crippen LogP contribution in [0.5, 0.6) is 0 Å². The van der Waals surface area contributed by atoms with E-state index in [0.29, 0.717) is 59.4 Å². The molecule has 4 heterocycles. The number of carbonyl (C=O) groups excluding carboxylic acids is 2. The molecule has 2 atom stereocenters. The summed E-state index contributed by atoms with van der Waals surface area (Å²) in [5.74, 6) is 0.678. The molecule has 1 aliphatic heterocycles. The molecule has 0 aliphatic carbocycles. The predicted molar refractivity (Wildman–Crippen MR) is 151 cm³/mol. The maximum absolute atomic E-state index is 13.6. The van der Waals surface area contributed by atoms with Crippen LogP contribution in [0, 0.1) is 0 Å². The Hall–Kier alpha value is -4.97. The number of anilines is 1. The second-order valence-electron chi connectivity index (χ2n) is 10.1. The molecule has 1 aliphatic rings. The molecule has 208 valence electrons. The average Bonchev–Trinajstić information content (AvgIpc) is 3.60. The summed E-state index contributed by atoms with van der Waals surface area (Å²) in [6.45, 7) is 5.22. The Balaban J connectivity index is 1.20. The van der Waals surface area contributed by atoms with Crippen LogP contribution in [-0.2, 0) is 11.8 Å². The van der Waals surface area contributed by atoms with Crippen LogP contribution >= 0.6 is 0 Å². The Morgan fingerprint density at radius 3 is 2.63 bits per heavy atom. The number of benzene rings is 2. The molecule has 1 saturated heterocycles. The Morgan fingerprint density at radius 1 is 1.07 bits per heavy atom. The molecule has 3 aromatic heterocycles. The van der Waals surface area contributed by atoms with E-state index in [1.165, 1.54) is 11.7 Å². The highest BCUT2D eigenvalue weighted by Crippen LogP contribution is 2.31. The first-order chi connectivity index (χ1) is 19.9. The van der Waals surface area contributed by atoms with Crippen LogP contribution in [0.2, 0.25) is 0 Å². The number of piperazine rings is 1. The highest BCUT2D eigenvalue weighted by molar-refractivity contribution is 5.94. The van der Waals surface area contributed by atoms with Crippen LogP contribution in [0.1, 0.15) is 41.8 Å². The number of oxazole rings is 1. The van der Waals surface area contributed by atoms with Crippen molar-refractivity contribution in [1.82, 2.24) is 40.0 Å². The van der Waals surface area contributed by atoms with Gasteiger partial charge in [0, 0.05) is 50.0 Å². The lowest BCUT2D eigenvalue weighted by Crippen LogP contribution is -2.54. The second kappa shape index (κ2) is 10.9. The molecule has 2 amide bonds. The van der Waals surface area contributed by atoms with Crippen molar-refractivity contribution in [2.45, 2.75) is 25.9 Å². The minimum absolute atomic E-state index is 0.0275. The summed E-state index contributed by atoms with van der Waals surface area (Å²) in [7, 11) is 1.75. The van der Waals surface area contributed by atoms with Gasteiger partial charge in [0.1, 0.15) is 11.2 Å². The van der Waals surface area contributed by atoms with Crippen molar-refractivity contribution >= 4 is 28.6 Å². The summed E-state index contributed by atoms with van der Waals surface area (Å²) in [5, 5.41) is 15.6. The monoisotopic (exact) mass is 551 g/mol. The topological polar surface area (TPSA) is 135 Å². The molecule has 0 radical (unpaired) electrons. The first-order valence-corrected chi connectivity index (χ1v) is 13.3. The molecule has 1 fully saturated rings. The highest BCUT2D eigenvalue weighted by Gasteiger charge is 2.35. The van der Waals surface area contributed by atoms with Crippen LogP contribution < -0.4 is 5.32 Å². The van der Waals surface area contributed by atoms with Crippen molar-refractivity contribution in [3.63, 3.8) is 0 Å². The quantitative estimate of drug-likeness (QED) is 0.337. The minimum Gasteiger partial charge on any atom is -0.436 e. The van der Waals surface area contributed by atoms with E-state index in [0.717, 1.165) is 5.56 Å². The van der Waals surface area contributed by atoms with Gasteiger partial charge in [-0.25, -0.2) is 4.98 Å². The fourth-order valence-electron chi connectivity index (χ4n) is 5.25. The Morgan fingerprint density at radius 2 is 1.90 bits per heavy atom. The molecular formula is C29H29N9O3. The molecule has 5 aromatic rings. The summed E-state index contributed by atoms with van der Waals surface area (Å²) >= 11 is 0. The van der Waals surface area contributed by atoms with Gasteiger partial charge in [0.05, 0.1) is 13.1 Å². The highest BCUT2D eigenvalue weighted by atomic mass is 16.3. The van der Waals surface area contributed by atoms with Gasteiger partial charge < -0.3 is 14.6 Å². The number of aromatic nitrogens is 6. The number of hydrogen-bond donors (Lipinski definition) is 1. The molecule has 0 bridgehead atoms.